The third-order valence-electron chi connectivity index (χ3n) is 2.68. The molecule has 0 aliphatic rings. The number of carbonyl (C=O) groups is 1. The zero-order chi connectivity index (χ0) is 14.5. The second-order valence-electron chi connectivity index (χ2n) is 4.02. The van der Waals surface area contributed by atoms with Crippen LogP contribution in [0.4, 0.5) is 5.69 Å². The monoisotopic (exact) mass is 331 g/mol. The van der Waals surface area contributed by atoms with Gasteiger partial charge in [0.15, 0.2) is 5.78 Å². The Kier molecular flexibility index (Phi) is 4.42. The fourth-order valence-electron chi connectivity index (χ4n) is 1.62. The van der Waals surface area contributed by atoms with E-state index in [1.807, 2.05) is 24.3 Å². The fraction of sp³-hybridized carbons (Fsp3) is 0. The molecule has 0 spiro atoms. The molecule has 100 valence electrons. The Morgan fingerprint density at radius 3 is 2.35 bits per heavy atom. The van der Waals surface area contributed by atoms with E-state index < -0.39 is 4.92 Å². The molecule has 0 amide bonds. The predicted octanol–water partition coefficient (Wildman–Crippen LogP) is 4.25. The van der Waals surface area contributed by atoms with Crippen molar-refractivity contribution in [2.75, 3.05) is 0 Å². The van der Waals surface area contributed by atoms with E-state index in [-0.39, 0.29) is 11.5 Å². The van der Waals surface area contributed by atoms with Gasteiger partial charge in [-0.3, -0.25) is 14.9 Å². The van der Waals surface area contributed by atoms with E-state index in [1.165, 1.54) is 30.3 Å². The van der Waals surface area contributed by atoms with Crippen LogP contribution in [0.5, 0.6) is 0 Å². The van der Waals surface area contributed by atoms with E-state index in [1.54, 1.807) is 6.08 Å². The summed E-state index contributed by atoms with van der Waals surface area (Å²) in [6.45, 7) is 0. The van der Waals surface area contributed by atoms with Crippen LogP contribution in [-0.4, -0.2) is 10.7 Å². The van der Waals surface area contributed by atoms with Crippen LogP contribution in [0.15, 0.2) is 59.1 Å². The molecular formula is C15H10BrNO3. The molecule has 2 rings (SSSR count). The molecule has 0 unspecified atom stereocenters. The molecular weight excluding hydrogens is 322 g/mol. The van der Waals surface area contributed by atoms with Gasteiger partial charge in [0, 0.05) is 22.2 Å². The minimum atomic E-state index is -0.495. The number of ketones is 1. The van der Waals surface area contributed by atoms with Gasteiger partial charge in [-0.2, -0.15) is 0 Å². The molecule has 0 aliphatic heterocycles. The van der Waals surface area contributed by atoms with E-state index >= 15 is 0 Å². The molecule has 5 heteroatoms. The average molecular weight is 332 g/mol. The van der Waals surface area contributed by atoms with Crippen LogP contribution in [0, 0.1) is 10.1 Å². The summed E-state index contributed by atoms with van der Waals surface area (Å²) in [6, 6.07) is 13.1. The summed E-state index contributed by atoms with van der Waals surface area (Å²) in [6.07, 6.45) is 3.15. The van der Waals surface area contributed by atoms with Crippen LogP contribution in [0.25, 0.3) is 6.08 Å². The summed E-state index contributed by atoms with van der Waals surface area (Å²) in [5, 5.41) is 10.5. The van der Waals surface area contributed by atoms with Crippen molar-refractivity contribution < 1.29 is 9.72 Å². The highest BCUT2D eigenvalue weighted by Crippen LogP contribution is 2.18. The van der Waals surface area contributed by atoms with Gasteiger partial charge in [0.05, 0.1) is 4.92 Å². The van der Waals surface area contributed by atoms with Gasteiger partial charge in [-0.15, -0.1) is 0 Å². The number of nitro benzene ring substituents is 1. The number of nitro groups is 1. The van der Waals surface area contributed by atoms with E-state index in [2.05, 4.69) is 15.9 Å². The van der Waals surface area contributed by atoms with Crippen molar-refractivity contribution in [3.63, 3.8) is 0 Å². The molecule has 0 radical (unpaired) electrons. The van der Waals surface area contributed by atoms with Gasteiger partial charge in [-0.1, -0.05) is 34.1 Å². The van der Waals surface area contributed by atoms with Gasteiger partial charge in [0.1, 0.15) is 0 Å². The molecule has 4 nitrogen and oxygen atoms in total. The molecule has 2 aromatic rings. The first-order chi connectivity index (χ1) is 9.58. The second-order valence-corrected chi connectivity index (χ2v) is 4.88. The average Bonchev–Trinajstić information content (AvgIpc) is 2.46. The van der Waals surface area contributed by atoms with E-state index in [4.69, 9.17) is 0 Å². The topological polar surface area (TPSA) is 60.2 Å². The Bertz CT molecular complexity index is 678. The molecule has 0 bridgehead atoms. The van der Waals surface area contributed by atoms with Crippen molar-refractivity contribution in [2.45, 2.75) is 0 Å². The largest absolute Gasteiger partial charge is 0.289 e. The summed E-state index contributed by atoms with van der Waals surface area (Å²) < 4.78 is 0.896. The van der Waals surface area contributed by atoms with Crippen LogP contribution < -0.4 is 0 Å². The predicted molar refractivity (Wildman–Crippen MR) is 80.6 cm³/mol. The summed E-state index contributed by atoms with van der Waals surface area (Å²) in [7, 11) is 0. The zero-order valence-electron chi connectivity index (χ0n) is 10.3. The van der Waals surface area contributed by atoms with Gasteiger partial charge in [-0.05, 0) is 35.9 Å². The number of allylic oxidation sites excluding steroid dienone is 1. The van der Waals surface area contributed by atoms with Crippen LogP contribution in [0.2, 0.25) is 0 Å². The number of hydrogen-bond donors (Lipinski definition) is 0. The number of non-ortho nitro benzene ring substituents is 1. The quantitative estimate of drug-likeness (QED) is 0.364. The molecule has 0 saturated carbocycles. The highest BCUT2D eigenvalue weighted by atomic mass is 79.9. The van der Waals surface area contributed by atoms with Gasteiger partial charge in [0.25, 0.3) is 5.69 Å². The third-order valence-corrected chi connectivity index (χ3v) is 3.40. The lowest BCUT2D eigenvalue weighted by molar-refractivity contribution is -0.384. The first-order valence-corrected chi connectivity index (χ1v) is 6.58. The number of benzene rings is 2. The lowest BCUT2D eigenvalue weighted by atomic mass is 10.1. The highest BCUT2D eigenvalue weighted by Gasteiger charge is 2.07. The van der Waals surface area contributed by atoms with Crippen molar-refractivity contribution >= 4 is 33.5 Å². The Balaban J connectivity index is 2.16. The van der Waals surface area contributed by atoms with Crippen LogP contribution in [0.1, 0.15) is 15.9 Å². The van der Waals surface area contributed by atoms with Crippen molar-refractivity contribution in [1.82, 2.24) is 0 Å². The Labute approximate surface area is 124 Å². The maximum Gasteiger partial charge on any atom is 0.269 e. The van der Waals surface area contributed by atoms with Crippen molar-refractivity contribution in [1.29, 1.82) is 0 Å². The molecule has 2 aromatic carbocycles. The first-order valence-electron chi connectivity index (χ1n) is 5.79. The number of halogens is 1. The molecule has 20 heavy (non-hydrogen) atoms. The Morgan fingerprint density at radius 1 is 1.10 bits per heavy atom. The minimum Gasteiger partial charge on any atom is -0.289 e. The first kappa shape index (κ1) is 14.1. The Morgan fingerprint density at radius 2 is 1.75 bits per heavy atom. The van der Waals surface area contributed by atoms with E-state index in [0.717, 1.165) is 10.0 Å². The number of carbonyl (C=O) groups excluding carboxylic acids is 1. The Hall–Kier alpha value is -2.27. The minimum absolute atomic E-state index is 0.0312. The zero-order valence-corrected chi connectivity index (χ0v) is 11.9. The lowest BCUT2D eigenvalue weighted by Crippen LogP contribution is -1.95. The molecule has 0 aliphatic carbocycles. The molecule has 0 aromatic heterocycles. The van der Waals surface area contributed by atoms with Gasteiger partial charge < -0.3 is 0 Å². The SMILES string of the molecule is O=C(/C=C/c1ccccc1Br)c1ccc([N+](=O)[O-])cc1. The van der Waals surface area contributed by atoms with Gasteiger partial charge in [0.2, 0.25) is 0 Å². The summed E-state index contributed by atoms with van der Waals surface area (Å²) in [5.74, 6) is -0.198. The second kappa shape index (κ2) is 6.25. The summed E-state index contributed by atoms with van der Waals surface area (Å²) in [4.78, 5) is 22.0. The highest BCUT2D eigenvalue weighted by molar-refractivity contribution is 9.10. The maximum absolute atomic E-state index is 11.9. The third kappa shape index (κ3) is 3.39. The fourth-order valence-corrected chi connectivity index (χ4v) is 2.04. The number of nitrogens with zero attached hydrogens (tertiary/aromatic N) is 1. The van der Waals surface area contributed by atoms with Crippen molar-refractivity contribution in [3.05, 3.63) is 80.3 Å². The molecule has 0 fully saturated rings. The standard InChI is InChI=1S/C15H10BrNO3/c16-14-4-2-1-3-11(14)7-10-15(18)12-5-8-13(9-6-12)17(19)20/h1-10H/b10-7+. The molecule has 0 saturated heterocycles. The van der Waals surface area contributed by atoms with Crippen molar-refractivity contribution in [2.24, 2.45) is 0 Å². The molecule has 0 heterocycles. The van der Waals surface area contributed by atoms with E-state index in [0.29, 0.717) is 5.56 Å². The van der Waals surface area contributed by atoms with E-state index in [9.17, 15) is 14.9 Å². The normalized spacial score (nSPS) is 10.7. The molecule has 0 N–H and O–H groups in total. The van der Waals surface area contributed by atoms with Crippen LogP contribution in [-0.2, 0) is 0 Å². The van der Waals surface area contributed by atoms with Gasteiger partial charge in [-0.25, -0.2) is 0 Å². The lowest BCUT2D eigenvalue weighted by Gasteiger charge is -1.98. The molecule has 0 atom stereocenters. The smallest absolute Gasteiger partial charge is 0.269 e. The number of hydrogen-bond acceptors (Lipinski definition) is 3. The summed E-state index contributed by atoms with van der Waals surface area (Å²) in [5.41, 5.74) is 1.28. The maximum atomic E-state index is 11.9. The van der Waals surface area contributed by atoms with Gasteiger partial charge >= 0.3 is 0 Å². The van der Waals surface area contributed by atoms with Crippen molar-refractivity contribution in [3.8, 4) is 0 Å². The summed E-state index contributed by atoms with van der Waals surface area (Å²) >= 11 is 3.39. The van der Waals surface area contributed by atoms with Crippen LogP contribution >= 0.6 is 15.9 Å². The van der Waals surface area contributed by atoms with Crippen LogP contribution in [0.3, 0.4) is 0 Å². The number of rotatable bonds is 4.